The van der Waals surface area contributed by atoms with Gasteiger partial charge in [-0.05, 0) is 30.7 Å². The van der Waals surface area contributed by atoms with Gasteiger partial charge in [0.15, 0.2) is 0 Å². The van der Waals surface area contributed by atoms with Gasteiger partial charge in [-0.2, -0.15) is 15.2 Å². The van der Waals surface area contributed by atoms with Gasteiger partial charge < -0.3 is 0 Å². The van der Waals surface area contributed by atoms with E-state index in [4.69, 9.17) is 10.5 Å². The van der Waals surface area contributed by atoms with Gasteiger partial charge in [-0.25, -0.2) is 8.42 Å². The average molecular weight is 263 g/mol. The van der Waals surface area contributed by atoms with Crippen molar-refractivity contribution < 1.29 is 8.42 Å². The summed E-state index contributed by atoms with van der Waals surface area (Å²) in [6, 6.07) is 8.64. The molecule has 0 saturated heterocycles. The molecule has 1 rings (SSSR count). The van der Waals surface area contributed by atoms with Gasteiger partial charge in [-0.1, -0.05) is 13.3 Å². The second-order valence-corrected chi connectivity index (χ2v) is 5.44. The van der Waals surface area contributed by atoms with E-state index in [9.17, 15) is 8.42 Å². The van der Waals surface area contributed by atoms with E-state index in [1.165, 1.54) is 24.3 Å². The molecule has 1 N–H and O–H groups in total. The highest BCUT2D eigenvalue weighted by Gasteiger charge is 2.18. The highest BCUT2D eigenvalue weighted by molar-refractivity contribution is 7.89. The molecule has 18 heavy (non-hydrogen) atoms. The SMILES string of the molecule is CCCC(C#N)NS(=O)(=O)c1ccc(C#N)cc1. The first-order chi connectivity index (χ1) is 8.53. The van der Waals surface area contributed by atoms with Crippen molar-refractivity contribution in [1.29, 1.82) is 10.5 Å². The number of nitrogens with one attached hydrogen (secondary N) is 1. The van der Waals surface area contributed by atoms with Crippen molar-refractivity contribution in [1.82, 2.24) is 4.72 Å². The fourth-order valence-corrected chi connectivity index (χ4v) is 2.58. The molecule has 0 aliphatic rings. The number of sulfonamides is 1. The molecule has 1 aromatic carbocycles. The lowest BCUT2D eigenvalue weighted by Crippen LogP contribution is -2.33. The highest BCUT2D eigenvalue weighted by Crippen LogP contribution is 2.11. The Morgan fingerprint density at radius 1 is 1.28 bits per heavy atom. The first kappa shape index (κ1) is 14.2. The standard InChI is InChI=1S/C12H13N3O2S/c1-2-3-11(9-14)15-18(16,17)12-6-4-10(8-13)5-7-12/h4-7,11,15H,2-3H2,1H3. The summed E-state index contributed by atoms with van der Waals surface area (Å²) in [5, 5.41) is 17.5. The van der Waals surface area contributed by atoms with Crippen molar-refractivity contribution in [2.75, 3.05) is 0 Å². The Bertz CT molecular complexity index is 579. The third kappa shape index (κ3) is 3.56. The molecule has 0 bridgehead atoms. The summed E-state index contributed by atoms with van der Waals surface area (Å²) in [6.45, 7) is 1.88. The fraction of sp³-hybridized carbons (Fsp3) is 0.333. The first-order valence-corrected chi connectivity index (χ1v) is 6.94. The Balaban J connectivity index is 2.93. The van der Waals surface area contributed by atoms with Crippen LogP contribution in [0.3, 0.4) is 0 Å². The lowest BCUT2D eigenvalue weighted by Gasteiger charge is -2.11. The Morgan fingerprint density at radius 2 is 1.89 bits per heavy atom. The molecule has 0 amide bonds. The second kappa shape index (κ2) is 6.15. The van der Waals surface area contributed by atoms with Crippen LogP contribution < -0.4 is 4.72 Å². The third-order valence-corrected chi connectivity index (χ3v) is 3.81. The van der Waals surface area contributed by atoms with E-state index in [1.807, 2.05) is 19.1 Å². The molecule has 94 valence electrons. The number of benzene rings is 1. The summed E-state index contributed by atoms with van der Waals surface area (Å²) in [6.07, 6.45) is 1.18. The largest absolute Gasteiger partial charge is 0.241 e. The molecule has 1 unspecified atom stereocenters. The van der Waals surface area contributed by atoms with Crippen LogP contribution in [-0.2, 0) is 10.0 Å². The number of rotatable bonds is 5. The fourth-order valence-electron chi connectivity index (χ4n) is 1.40. The van der Waals surface area contributed by atoms with Gasteiger partial charge in [0.1, 0.15) is 6.04 Å². The van der Waals surface area contributed by atoms with Crippen molar-refractivity contribution >= 4 is 10.0 Å². The van der Waals surface area contributed by atoms with E-state index >= 15 is 0 Å². The summed E-state index contributed by atoms with van der Waals surface area (Å²) in [5.74, 6) is 0. The lowest BCUT2D eigenvalue weighted by molar-refractivity contribution is 0.563. The molecular weight excluding hydrogens is 250 g/mol. The maximum Gasteiger partial charge on any atom is 0.241 e. The van der Waals surface area contributed by atoms with Crippen LogP contribution >= 0.6 is 0 Å². The maximum absolute atomic E-state index is 11.9. The van der Waals surface area contributed by atoms with Crippen LogP contribution in [0.1, 0.15) is 25.3 Å². The number of hydrogen-bond donors (Lipinski definition) is 1. The van der Waals surface area contributed by atoms with Crippen molar-refractivity contribution in [2.24, 2.45) is 0 Å². The number of nitrogens with zero attached hydrogens (tertiary/aromatic N) is 2. The molecule has 6 heteroatoms. The van der Waals surface area contributed by atoms with E-state index in [0.29, 0.717) is 18.4 Å². The summed E-state index contributed by atoms with van der Waals surface area (Å²) >= 11 is 0. The minimum atomic E-state index is -3.70. The lowest BCUT2D eigenvalue weighted by atomic mass is 10.2. The number of hydrogen-bond acceptors (Lipinski definition) is 4. The van der Waals surface area contributed by atoms with Crippen LogP contribution in [-0.4, -0.2) is 14.5 Å². The molecule has 1 aromatic rings. The zero-order valence-electron chi connectivity index (χ0n) is 9.92. The maximum atomic E-state index is 11.9. The van der Waals surface area contributed by atoms with E-state index in [-0.39, 0.29) is 4.90 Å². The Hall–Kier alpha value is -1.89. The molecular formula is C12H13N3O2S. The predicted molar refractivity (Wildman–Crippen MR) is 65.8 cm³/mol. The molecule has 0 radical (unpaired) electrons. The monoisotopic (exact) mass is 263 g/mol. The molecule has 0 aliphatic carbocycles. The van der Waals surface area contributed by atoms with Crippen molar-refractivity contribution in [3.63, 3.8) is 0 Å². The van der Waals surface area contributed by atoms with Gasteiger partial charge >= 0.3 is 0 Å². The minimum absolute atomic E-state index is 0.0536. The van der Waals surface area contributed by atoms with E-state index in [0.717, 1.165) is 0 Å². The average Bonchev–Trinajstić information content (AvgIpc) is 2.38. The summed E-state index contributed by atoms with van der Waals surface area (Å²) in [4.78, 5) is 0.0536. The van der Waals surface area contributed by atoms with Gasteiger partial charge in [0.25, 0.3) is 0 Å². The molecule has 0 spiro atoms. The molecule has 0 aromatic heterocycles. The minimum Gasteiger partial charge on any atom is -0.207 e. The Labute approximate surface area is 107 Å². The molecule has 1 atom stereocenters. The smallest absolute Gasteiger partial charge is 0.207 e. The van der Waals surface area contributed by atoms with Gasteiger partial charge in [0.05, 0.1) is 22.6 Å². The molecule has 0 heterocycles. The Kier molecular flexibility index (Phi) is 4.85. The normalized spacial score (nSPS) is 12.4. The quantitative estimate of drug-likeness (QED) is 0.871. The highest BCUT2D eigenvalue weighted by atomic mass is 32.2. The molecule has 5 nitrogen and oxygen atoms in total. The molecule has 0 aliphatic heterocycles. The van der Waals surface area contributed by atoms with Crippen LogP contribution in [0.25, 0.3) is 0 Å². The van der Waals surface area contributed by atoms with Crippen LogP contribution in [0.15, 0.2) is 29.2 Å². The topological polar surface area (TPSA) is 93.8 Å². The van der Waals surface area contributed by atoms with Crippen molar-refractivity contribution in [3.05, 3.63) is 29.8 Å². The summed E-state index contributed by atoms with van der Waals surface area (Å²) in [7, 11) is -3.70. The zero-order valence-corrected chi connectivity index (χ0v) is 10.7. The van der Waals surface area contributed by atoms with Gasteiger partial charge in [-0.3, -0.25) is 0 Å². The molecule has 0 fully saturated rings. The second-order valence-electron chi connectivity index (χ2n) is 3.73. The predicted octanol–water partition coefficient (Wildman–Crippen LogP) is 1.53. The van der Waals surface area contributed by atoms with Crippen LogP contribution in [0, 0.1) is 22.7 Å². The Morgan fingerprint density at radius 3 is 2.33 bits per heavy atom. The van der Waals surface area contributed by atoms with E-state index < -0.39 is 16.1 Å². The van der Waals surface area contributed by atoms with Crippen molar-refractivity contribution in [2.45, 2.75) is 30.7 Å². The number of nitriles is 2. The van der Waals surface area contributed by atoms with E-state index in [1.54, 1.807) is 0 Å². The molecule has 0 saturated carbocycles. The van der Waals surface area contributed by atoms with Gasteiger partial charge in [-0.15, -0.1) is 0 Å². The van der Waals surface area contributed by atoms with E-state index in [2.05, 4.69) is 4.72 Å². The van der Waals surface area contributed by atoms with Gasteiger partial charge in [0, 0.05) is 0 Å². The first-order valence-electron chi connectivity index (χ1n) is 5.45. The summed E-state index contributed by atoms with van der Waals surface area (Å²) in [5.41, 5.74) is 0.388. The van der Waals surface area contributed by atoms with Crippen LogP contribution in [0.5, 0.6) is 0 Å². The zero-order chi connectivity index (χ0) is 13.6. The van der Waals surface area contributed by atoms with Crippen LogP contribution in [0.2, 0.25) is 0 Å². The third-order valence-electron chi connectivity index (χ3n) is 2.32. The van der Waals surface area contributed by atoms with Crippen molar-refractivity contribution in [3.8, 4) is 12.1 Å². The van der Waals surface area contributed by atoms with Crippen LogP contribution in [0.4, 0.5) is 0 Å². The van der Waals surface area contributed by atoms with Gasteiger partial charge in [0.2, 0.25) is 10.0 Å². The summed E-state index contributed by atoms with van der Waals surface area (Å²) < 4.78 is 26.2.